The summed E-state index contributed by atoms with van der Waals surface area (Å²) in [5, 5.41) is 17.9. The quantitative estimate of drug-likeness (QED) is 0.450. The topological polar surface area (TPSA) is 84.9 Å². The van der Waals surface area contributed by atoms with Crippen molar-refractivity contribution in [2.45, 2.75) is 18.4 Å². The van der Waals surface area contributed by atoms with E-state index in [1.807, 2.05) is 0 Å². The smallest absolute Gasteiger partial charge is 0.185 e. The first-order valence-electron chi connectivity index (χ1n) is 3.53. The van der Waals surface area contributed by atoms with E-state index in [-0.39, 0.29) is 6.61 Å². The van der Waals surface area contributed by atoms with Crippen molar-refractivity contribution in [3.8, 4) is 0 Å². The molecule has 1 saturated heterocycles. The second kappa shape index (κ2) is 3.99. The summed E-state index contributed by atoms with van der Waals surface area (Å²) in [6.07, 6.45) is -1.61. The van der Waals surface area contributed by atoms with Gasteiger partial charge in [-0.15, -0.1) is 0 Å². The molecule has 5 nitrogen and oxygen atoms in total. The monoisotopic (exact) mass is 163 g/mol. The molecule has 0 spiro atoms. The second-order valence-corrected chi connectivity index (χ2v) is 2.45. The Morgan fingerprint density at radius 2 is 2.00 bits per heavy atom. The lowest BCUT2D eigenvalue weighted by Gasteiger charge is -2.20. The number of nitrogens with two attached hydrogens (primary N) is 1. The Balaban J connectivity index is 2.32. The van der Waals surface area contributed by atoms with Crippen LogP contribution in [0.2, 0.25) is 0 Å². The zero-order valence-electron chi connectivity index (χ0n) is 6.14. The molecule has 1 aliphatic rings. The standard InChI is InChI=1S/C6H13NO4/c7-4(3-8)5(9)6-10-1-2-11-6/h4-6,8-9H,1-3,7H2/t4-,5-/m1/s1. The van der Waals surface area contributed by atoms with Gasteiger partial charge in [-0.3, -0.25) is 0 Å². The molecule has 0 bridgehead atoms. The van der Waals surface area contributed by atoms with Crippen LogP contribution in [-0.4, -0.2) is 48.5 Å². The lowest BCUT2D eigenvalue weighted by Crippen LogP contribution is -2.45. The maximum Gasteiger partial charge on any atom is 0.185 e. The molecular weight excluding hydrogens is 150 g/mol. The van der Waals surface area contributed by atoms with E-state index in [1.165, 1.54) is 0 Å². The van der Waals surface area contributed by atoms with Crippen LogP contribution >= 0.6 is 0 Å². The van der Waals surface area contributed by atoms with Crippen LogP contribution in [0.15, 0.2) is 0 Å². The summed E-state index contributed by atoms with van der Waals surface area (Å²) < 4.78 is 9.95. The Kier molecular flexibility index (Phi) is 3.22. The molecule has 0 aromatic heterocycles. The maximum atomic E-state index is 9.28. The summed E-state index contributed by atoms with van der Waals surface area (Å²) in [4.78, 5) is 0. The van der Waals surface area contributed by atoms with Gasteiger partial charge in [0.05, 0.1) is 25.9 Å². The summed E-state index contributed by atoms with van der Waals surface area (Å²) in [6.45, 7) is 0.671. The average Bonchev–Trinajstić information content (AvgIpc) is 2.53. The van der Waals surface area contributed by atoms with Crippen molar-refractivity contribution in [1.82, 2.24) is 0 Å². The third kappa shape index (κ3) is 2.11. The van der Waals surface area contributed by atoms with Crippen LogP contribution < -0.4 is 5.73 Å². The Morgan fingerprint density at radius 3 is 2.45 bits per heavy atom. The fraction of sp³-hybridized carbons (Fsp3) is 1.00. The Bertz CT molecular complexity index is 115. The third-order valence-corrected chi connectivity index (χ3v) is 1.58. The van der Waals surface area contributed by atoms with Crippen LogP contribution in [0.1, 0.15) is 0 Å². The van der Waals surface area contributed by atoms with Gasteiger partial charge in [0.15, 0.2) is 6.29 Å². The predicted octanol–water partition coefficient (Wildman–Crippen LogP) is -1.96. The van der Waals surface area contributed by atoms with Crippen molar-refractivity contribution < 1.29 is 19.7 Å². The van der Waals surface area contributed by atoms with Gasteiger partial charge in [-0.05, 0) is 0 Å². The van der Waals surface area contributed by atoms with E-state index in [4.69, 9.17) is 20.3 Å². The highest BCUT2D eigenvalue weighted by Gasteiger charge is 2.29. The summed E-state index contributed by atoms with van der Waals surface area (Å²) in [7, 11) is 0. The van der Waals surface area contributed by atoms with Crippen molar-refractivity contribution in [3.63, 3.8) is 0 Å². The van der Waals surface area contributed by atoms with Gasteiger partial charge in [0.25, 0.3) is 0 Å². The fourth-order valence-electron chi connectivity index (χ4n) is 0.884. The maximum absolute atomic E-state index is 9.28. The highest BCUT2D eigenvalue weighted by atomic mass is 16.7. The minimum absolute atomic E-state index is 0.273. The molecule has 1 fully saturated rings. The molecule has 5 heteroatoms. The number of hydrogen-bond donors (Lipinski definition) is 3. The van der Waals surface area contributed by atoms with E-state index in [1.54, 1.807) is 0 Å². The van der Waals surface area contributed by atoms with Crippen LogP contribution in [0.5, 0.6) is 0 Å². The van der Waals surface area contributed by atoms with Gasteiger partial charge in [-0.2, -0.15) is 0 Å². The van der Waals surface area contributed by atoms with Crippen molar-refractivity contribution >= 4 is 0 Å². The van der Waals surface area contributed by atoms with Gasteiger partial charge < -0.3 is 25.4 Å². The van der Waals surface area contributed by atoms with Crippen molar-refractivity contribution in [2.24, 2.45) is 5.73 Å². The summed E-state index contributed by atoms with van der Waals surface area (Å²) >= 11 is 0. The van der Waals surface area contributed by atoms with Crippen LogP contribution in [-0.2, 0) is 9.47 Å². The highest BCUT2D eigenvalue weighted by Crippen LogP contribution is 2.09. The predicted molar refractivity (Wildman–Crippen MR) is 36.8 cm³/mol. The molecule has 0 aromatic carbocycles. The molecule has 1 aliphatic heterocycles. The number of hydrogen-bond acceptors (Lipinski definition) is 5. The number of rotatable bonds is 3. The minimum atomic E-state index is -0.942. The number of ether oxygens (including phenoxy) is 2. The molecular formula is C6H13NO4. The van der Waals surface area contributed by atoms with Crippen LogP contribution in [0, 0.1) is 0 Å². The zero-order valence-corrected chi connectivity index (χ0v) is 6.14. The van der Waals surface area contributed by atoms with Crippen LogP contribution in [0.25, 0.3) is 0 Å². The lowest BCUT2D eigenvalue weighted by molar-refractivity contribution is -0.130. The van der Waals surface area contributed by atoms with E-state index in [0.717, 1.165) is 0 Å². The van der Waals surface area contributed by atoms with E-state index in [0.29, 0.717) is 13.2 Å². The number of aliphatic hydroxyl groups is 2. The van der Waals surface area contributed by atoms with E-state index < -0.39 is 18.4 Å². The normalized spacial score (nSPS) is 25.4. The zero-order chi connectivity index (χ0) is 8.27. The molecule has 0 amide bonds. The van der Waals surface area contributed by atoms with Crippen molar-refractivity contribution in [1.29, 1.82) is 0 Å². The summed E-state index contributed by atoms with van der Waals surface area (Å²) in [5.74, 6) is 0. The van der Waals surface area contributed by atoms with Gasteiger partial charge in [-0.1, -0.05) is 0 Å². The molecule has 4 N–H and O–H groups in total. The van der Waals surface area contributed by atoms with Gasteiger partial charge in [0, 0.05) is 0 Å². The SMILES string of the molecule is N[C@H](CO)[C@@H](O)C1OCCO1. The van der Waals surface area contributed by atoms with Gasteiger partial charge >= 0.3 is 0 Å². The number of aliphatic hydroxyl groups excluding tert-OH is 2. The molecule has 66 valence electrons. The first-order valence-corrected chi connectivity index (χ1v) is 3.53. The molecule has 11 heavy (non-hydrogen) atoms. The average molecular weight is 163 g/mol. The second-order valence-electron chi connectivity index (χ2n) is 2.45. The highest BCUT2D eigenvalue weighted by molar-refractivity contribution is 4.75. The molecule has 0 radical (unpaired) electrons. The first-order chi connectivity index (χ1) is 5.25. The molecule has 0 unspecified atom stereocenters. The molecule has 0 aromatic rings. The lowest BCUT2D eigenvalue weighted by atomic mass is 10.2. The van der Waals surface area contributed by atoms with Crippen molar-refractivity contribution in [2.75, 3.05) is 19.8 Å². The minimum Gasteiger partial charge on any atom is -0.395 e. The molecule has 1 rings (SSSR count). The largest absolute Gasteiger partial charge is 0.395 e. The van der Waals surface area contributed by atoms with Crippen LogP contribution in [0.3, 0.4) is 0 Å². The summed E-state index contributed by atoms with van der Waals surface area (Å²) in [5.41, 5.74) is 5.34. The Morgan fingerprint density at radius 1 is 1.45 bits per heavy atom. The van der Waals surface area contributed by atoms with E-state index in [9.17, 15) is 5.11 Å². The van der Waals surface area contributed by atoms with E-state index >= 15 is 0 Å². The molecule has 2 atom stereocenters. The first kappa shape index (κ1) is 8.89. The van der Waals surface area contributed by atoms with Crippen molar-refractivity contribution in [3.05, 3.63) is 0 Å². The Labute approximate surface area is 64.7 Å². The van der Waals surface area contributed by atoms with E-state index in [2.05, 4.69) is 0 Å². The third-order valence-electron chi connectivity index (χ3n) is 1.58. The fourth-order valence-corrected chi connectivity index (χ4v) is 0.884. The Hall–Kier alpha value is -0.200. The molecule has 0 aliphatic carbocycles. The van der Waals surface area contributed by atoms with Gasteiger partial charge in [0.1, 0.15) is 6.10 Å². The van der Waals surface area contributed by atoms with Gasteiger partial charge in [0.2, 0.25) is 0 Å². The van der Waals surface area contributed by atoms with Gasteiger partial charge in [-0.25, -0.2) is 0 Å². The molecule has 1 heterocycles. The molecule has 0 saturated carbocycles. The van der Waals surface area contributed by atoms with Crippen LogP contribution in [0.4, 0.5) is 0 Å². The summed E-state index contributed by atoms with van der Waals surface area (Å²) in [6, 6.07) is -0.696.